The van der Waals surface area contributed by atoms with Gasteiger partial charge in [0, 0.05) is 5.69 Å². The number of alkyl halides is 3. The Morgan fingerprint density at radius 2 is 1.58 bits per heavy atom. The molecule has 0 saturated heterocycles. The molecule has 0 aliphatic heterocycles. The van der Waals surface area contributed by atoms with Gasteiger partial charge in [-0.2, -0.15) is 13.2 Å². The lowest BCUT2D eigenvalue weighted by Gasteiger charge is -2.16. The van der Waals surface area contributed by atoms with Gasteiger partial charge in [0.1, 0.15) is 5.82 Å². The summed E-state index contributed by atoms with van der Waals surface area (Å²) in [7, 11) is 1.41. The van der Waals surface area contributed by atoms with Gasteiger partial charge in [0.15, 0.2) is 18.1 Å². The third-order valence-corrected chi connectivity index (χ3v) is 4.40. The Morgan fingerprint density at radius 3 is 2.24 bits per heavy atom. The maximum Gasteiger partial charge on any atom is 0.418 e. The Labute approximate surface area is 186 Å². The number of hydrogen-bond acceptors (Lipinski definition) is 4. The molecule has 6 nitrogen and oxygen atoms in total. The molecule has 0 aromatic heterocycles. The third kappa shape index (κ3) is 6.00. The number of hydrogen-bond donors (Lipinski definition) is 2. The summed E-state index contributed by atoms with van der Waals surface area (Å²) in [6, 6.07) is 14.3. The largest absolute Gasteiger partial charge is 0.493 e. The van der Waals surface area contributed by atoms with Gasteiger partial charge in [-0.3, -0.25) is 9.59 Å². The van der Waals surface area contributed by atoms with Crippen molar-refractivity contribution in [1.29, 1.82) is 0 Å². The summed E-state index contributed by atoms with van der Waals surface area (Å²) < 4.78 is 64.9. The number of nitrogens with one attached hydrogen (secondary N) is 2. The zero-order valence-electron chi connectivity index (χ0n) is 17.2. The van der Waals surface area contributed by atoms with Crippen molar-refractivity contribution < 1.29 is 36.6 Å². The molecule has 0 atom stereocenters. The lowest BCUT2D eigenvalue weighted by atomic mass is 10.1. The average Bonchev–Trinajstić information content (AvgIpc) is 2.78. The first kappa shape index (κ1) is 23.6. The highest BCUT2D eigenvalue weighted by Gasteiger charge is 2.34. The average molecular weight is 462 g/mol. The summed E-state index contributed by atoms with van der Waals surface area (Å²) in [6.45, 7) is -0.566. The number of para-hydroxylation sites is 2. The number of halogens is 4. The molecule has 2 amide bonds. The van der Waals surface area contributed by atoms with E-state index in [0.717, 1.165) is 18.2 Å². The Kier molecular flexibility index (Phi) is 7.17. The summed E-state index contributed by atoms with van der Waals surface area (Å²) in [5, 5.41) is 4.37. The summed E-state index contributed by atoms with van der Waals surface area (Å²) in [4.78, 5) is 24.4. The van der Waals surface area contributed by atoms with Crippen LogP contribution in [0.2, 0.25) is 0 Å². The zero-order valence-corrected chi connectivity index (χ0v) is 17.2. The minimum Gasteiger partial charge on any atom is -0.493 e. The molecule has 2 N–H and O–H groups in total. The van der Waals surface area contributed by atoms with E-state index < -0.39 is 41.7 Å². The second-order valence-corrected chi connectivity index (χ2v) is 6.68. The molecule has 3 aromatic rings. The number of anilines is 2. The summed E-state index contributed by atoms with van der Waals surface area (Å²) in [6.07, 6.45) is -4.84. The topological polar surface area (TPSA) is 76.7 Å². The molecule has 0 fully saturated rings. The predicted octanol–water partition coefficient (Wildman–Crippen LogP) is 5.12. The molecular weight excluding hydrogens is 444 g/mol. The van der Waals surface area contributed by atoms with Crippen molar-refractivity contribution >= 4 is 23.2 Å². The third-order valence-electron chi connectivity index (χ3n) is 4.40. The molecule has 3 aromatic carbocycles. The van der Waals surface area contributed by atoms with Crippen LogP contribution in [0.1, 0.15) is 15.9 Å². The first-order valence-corrected chi connectivity index (χ1v) is 9.52. The highest BCUT2D eigenvalue weighted by Crippen LogP contribution is 2.37. The van der Waals surface area contributed by atoms with Crippen LogP contribution in [-0.2, 0) is 11.0 Å². The number of ether oxygens (including phenoxy) is 2. The molecule has 0 saturated carbocycles. The van der Waals surface area contributed by atoms with Crippen molar-refractivity contribution in [2.75, 3.05) is 24.4 Å². The molecule has 0 unspecified atom stereocenters. The van der Waals surface area contributed by atoms with Crippen LogP contribution in [0, 0.1) is 5.82 Å². The standard InChI is InChI=1S/C23H18F4N2O4/c1-32-19-8-4-5-9-20(19)33-13-21(30)29-18-11-10-14(12-16(18)23(25,26)27)28-22(31)15-6-2-3-7-17(15)24/h2-12H,13H2,1H3,(H,28,31)(H,29,30). The molecule has 0 bridgehead atoms. The normalized spacial score (nSPS) is 10.9. The van der Waals surface area contributed by atoms with E-state index >= 15 is 0 Å². The van der Waals surface area contributed by atoms with Gasteiger partial charge in [-0.15, -0.1) is 0 Å². The van der Waals surface area contributed by atoms with Gasteiger partial charge < -0.3 is 20.1 Å². The maximum atomic E-state index is 13.8. The van der Waals surface area contributed by atoms with E-state index in [0.29, 0.717) is 11.8 Å². The van der Waals surface area contributed by atoms with Crippen LogP contribution in [0.25, 0.3) is 0 Å². The van der Waals surface area contributed by atoms with Crippen LogP contribution < -0.4 is 20.1 Å². The van der Waals surface area contributed by atoms with Gasteiger partial charge >= 0.3 is 6.18 Å². The number of rotatable bonds is 7. The lowest BCUT2D eigenvalue weighted by Crippen LogP contribution is -2.23. The van der Waals surface area contributed by atoms with Crippen molar-refractivity contribution in [3.05, 3.63) is 83.7 Å². The minimum absolute atomic E-state index is 0.223. The second-order valence-electron chi connectivity index (χ2n) is 6.68. The van der Waals surface area contributed by atoms with E-state index in [4.69, 9.17) is 9.47 Å². The number of carbonyl (C=O) groups is 2. The number of methoxy groups -OCH3 is 1. The van der Waals surface area contributed by atoms with Crippen LogP contribution in [0.15, 0.2) is 66.7 Å². The zero-order chi connectivity index (χ0) is 24.0. The lowest BCUT2D eigenvalue weighted by molar-refractivity contribution is -0.137. The van der Waals surface area contributed by atoms with Crippen molar-refractivity contribution in [2.24, 2.45) is 0 Å². The number of benzene rings is 3. The van der Waals surface area contributed by atoms with E-state index in [-0.39, 0.29) is 17.0 Å². The molecule has 0 spiro atoms. The highest BCUT2D eigenvalue weighted by atomic mass is 19.4. The van der Waals surface area contributed by atoms with Crippen molar-refractivity contribution in [3.8, 4) is 11.5 Å². The molecule has 10 heteroatoms. The van der Waals surface area contributed by atoms with Crippen molar-refractivity contribution in [2.45, 2.75) is 6.18 Å². The monoisotopic (exact) mass is 462 g/mol. The molecular formula is C23H18F4N2O4. The van der Waals surface area contributed by atoms with Gasteiger partial charge in [-0.25, -0.2) is 4.39 Å². The first-order valence-electron chi connectivity index (χ1n) is 9.52. The summed E-state index contributed by atoms with van der Waals surface area (Å²) >= 11 is 0. The molecule has 33 heavy (non-hydrogen) atoms. The summed E-state index contributed by atoms with van der Waals surface area (Å²) in [5.41, 5.74) is -2.27. The Hall–Kier alpha value is -4.08. The van der Waals surface area contributed by atoms with Crippen molar-refractivity contribution in [1.82, 2.24) is 0 Å². The fourth-order valence-electron chi connectivity index (χ4n) is 2.88. The van der Waals surface area contributed by atoms with Crippen LogP contribution in [-0.4, -0.2) is 25.5 Å². The van der Waals surface area contributed by atoms with Crippen LogP contribution in [0.3, 0.4) is 0 Å². The van der Waals surface area contributed by atoms with E-state index in [2.05, 4.69) is 10.6 Å². The SMILES string of the molecule is COc1ccccc1OCC(=O)Nc1ccc(NC(=O)c2ccccc2F)cc1C(F)(F)F. The van der Waals surface area contributed by atoms with Gasteiger partial charge in [0.05, 0.1) is 23.9 Å². The van der Waals surface area contributed by atoms with E-state index in [1.54, 1.807) is 24.3 Å². The van der Waals surface area contributed by atoms with Gasteiger partial charge in [-0.1, -0.05) is 24.3 Å². The maximum absolute atomic E-state index is 13.8. The molecule has 0 radical (unpaired) electrons. The van der Waals surface area contributed by atoms with Crippen molar-refractivity contribution in [3.63, 3.8) is 0 Å². The summed E-state index contributed by atoms with van der Waals surface area (Å²) in [5.74, 6) is -1.96. The second kappa shape index (κ2) is 10.0. The van der Waals surface area contributed by atoms with E-state index in [1.165, 1.54) is 25.3 Å². The minimum atomic E-state index is -4.84. The quantitative estimate of drug-likeness (QED) is 0.478. The first-order chi connectivity index (χ1) is 15.7. The number of carbonyl (C=O) groups excluding carboxylic acids is 2. The van der Waals surface area contributed by atoms with Crippen LogP contribution in [0.4, 0.5) is 28.9 Å². The molecule has 0 aliphatic rings. The van der Waals surface area contributed by atoms with Gasteiger partial charge in [0.25, 0.3) is 11.8 Å². The molecule has 172 valence electrons. The Bertz CT molecular complexity index is 1170. The predicted molar refractivity (Wildman–Crippen MR) is 113 cm³/mol. The van der Waals surface area contributed by atoms with E-state index in [1.807, 2.05) is 0 Å². The highest BCUT2D eigenvalue weighted by molar-refractivity contribution is 6.04. The fraction of sp³-hybridized carbons (Fsp3) is 0.130. The molecule has 0 heterocycles. The van der Waals surface area contributed by atoms with Crippen LogP contribution in [0.5, 0.6) is 11.5 Å². The van der Waals surface area contributed by atoms with Crippen LogP contribution >= 0.6 is 0 Å². The Balaban J connectivity index is 1.75. The van der Waals surface area contributed by atoms with Gasteiger partial charge in [-0.05, 0) is 42.5 Å². The fourth-order valence-corrected chi connectivity index (χ4v) is 2.88. The Morgan fingerprint density at radius 1 is 0.909 bits per heavy atom. The van der Waals surface area contributed by atoms with E-state index in [9.17, 15) is 27.2 Å². The smallest absolute Gasteiger partial charge is 0.418 e. The molecule has 0 aliphatic carbocycles. The molecule has 3 rings (SSSR count). The number of amides is 2. The van der Waals surface area contributed by atoms with Gasteiger partial charge in [0.2, 0.25) is 0 Å².